The van der Waals surface area contributed by atoms with Gasteiger partial charge in [0.05, 0.1) is 11.3 Å². The van der Waals surface area contributed by atoms with E-state index >= 15 is 0 Å². The highest BCUT2D eigenvalue weighted by atomic mass is 16.6. The summed E-state index contributed by atoms with van der Waals surface area (Å²) in [6, 6.07) is 5.46. The molecule has 0 aliphatic heterocycles. The Balaban J connectivity index is 1.03. The average Bonchev–Trinajstić information content (AvgIpc) is 3.25. The Morgan fingerprint density at radius 2 is 1.74 bits per heavy atom. The van der Waals surface area contributed by atoms with Crippen LogP contribution in [-0.2, 0) is 16.1 Å². The molecule has 1 aromatic carbocycles. The normalized spacial score (nSPS) is 26.8. The summed E-state index contributed by atoms with van der Waals surface area (Å²) in [5, 5.41) is 24.4. The van der Waals surface area contributed by atoms with Crippen LogP contribution >= 0.6 is 0 Å². The van der Waals surface area contributed by atoms with Gasteiger partial charge in [-0.1, -0.05) is 0 Å². The van der Waals surface area contributed by atoms with Gasteiger partial charge in [-0.3, -0.25) is 14.9 Å². The number of non-ortho nitro benzene ring substituents is 1. The first-order valence-corrected chi connectivity index (χ1v) is 11.7. The van der Waals surface area contributed by atoms with E-state index in [1.165, 1.54) is 43.5 Å². The molecule has 4 fully saturated rings. The Morgan fingerprint density at radius 1 is 1.09 bits per heavy atom. The van der Waals surface area contributed by atoms with Crippen molar-refractivity contribution in [3.8, 4) is 11.5 Å². The topological polar surface area (TPSA) is 149 Å². The number of carbonyl (C=O) groups is 2. The van der Waals surface area contributed by atoms with Crippen molar-refractivity contribution in [2.24, 2.45) is 17.8 Å². The minimum atomic E-state index is -0.496. The van der Waals surface area contributed by atoms with Crippen molar-refractivity contribution >= 4 is 17.7 Å². The summed E-state index contributed by atoms with van der Waals surface area (Å²) in [7, 11) is 0. The molecule has 1 heterocycles. The fourth-order valence-corrected chi connectivity index (χ4v) is 6.20. The molecule has 6 rings (SSSR count). The van der Waals surface area contributed by atoms with Crippen LogP contribution in [0, 0.1) is 27.9 Å². The van der Waals surface area contributed by atoms with E-state index in [-0.39, 0.29) is 48.6 Å². The van der Waals surface area contributed by atoms with Gasteiger partial charge in [0.15, 0.2) is 6.61 Å². The number of nitro benzene ring substituents is 1. The molecule has 4 bridgehead atoms. The number of amides is 2. The van der Waals surface area contributed by atoms with Crippen molar-refractivity contribution in [2.75, 3.05) is 6.54 Å². The third-order valence-electron chi connectivity index (χ3n) is 7.18. The van der Waals surface area contributed by atoms with Crippen LogP contribution in [0.2, 0.25) is 0 Å². The van der Waals surface area contributed by atoms with Crippen molar-refractivity contribution in [1.29, 1.82) is 0 Å². The van der Waals surface area contributed by atoms with E-state index < -0.39 is 10.9 Å². The van der Waals surface area contributed by atoms with Crippen molar-refractivity contribution in [1.82, 2.24) is 20.8 Å². The molecule has 34 heavy (non-hydrogen) atoms. The first-order chi connectivity index (χ1) is 16.4. The molecule has 2 aromatic rings. The number of urea groups is 1. The van der Waals surface area contributed by atoms with E-state index in [1.54, 1.807) is 0 Å². The molecule has 11 nitrogen and oxygen atoms in total. The number of aromatic nitrogens is 2. The molecule has 180 valence electrons. The van der Waals surface area contributed by atoms with Gasteiger partial charge in [-0.05, 0) is 68.4 Å². The highest BCUT2D eigenvalue weighted by Gasteiger charge is 2.51. The van der Waals surface area contributed by atoms with E-state index in [9.17, 15) is 19.7 Å². The maximum atomic E-state index is 12.4. The molecule has 2 N–H and O–H groups in total. The van der Waals surface area contributed by atoms with Crippen LogP contribution in [-0.4, -0.2) is 39.2 Å². The Kier molecular flexibility index (Phi) is 5.93. The number of nitrogens with zero attached hydrogens (tertiary/aromatic N) is 3. The van der Waals surface area contributed by atoms with Crippen LogP contribution in [0.1, 0.15) is 50.8 Å². The van der Waals surface area contributed by atoms with Gasteiger partial charge < -0.3 is 19.8 Å². The molecule has 0 radical (unpaired) electrons. The van der Waals surface area contributed by atoms with Crippen LogP contribution in [0.3, 0.4) is 0 Å². The van der Waals surface area contributed by atoms with Gasteiger partial charge in [0.25, 0.3) is 11.6 Å². The van der Waals surface area contributed by atoms with E-state index in [2.05, 4.69) is 20.8 Å². The van der Waals surface area contributed by atoms with Crippen molar-refractivity contribution in [3.63, 3.8) is 0 Å². The number of nitrogens with one attached hydrogen (secondary N) is 2. The predicted molar refractivity (Wildman–Crippen MR) is 118 cm³/mol. The Labute approximate surface area is 195 Å². The van der Waals surface area contributed by atoms with Gasteiger partial charge >= 0.3 is 12.0 Å². The van der Waals surface area contributed by atoms with Crippen LogP contribution in [0.25, 0.3) is 11.5 Å². The van der Waals surface area contributed by atoms with Crippen LogP contribution in [0.4, 0.5) is 10.5 Å². The van der Waals surface area contributed by atoms with Gasteiger partial charge in [-0.2, -0.15) is 0 Å². The molecule has 4 aliphatic carbocycles. The highest BCUT2D eigenvalue weighted by molar-refractivity contribution is 5.76. The number of rotatable bonds is 8. The Hall–Kier alpha value is -3.50. The zero-order valence-electron chi connectivity index (χ0n) is 18.7. The van der Waals surface area contributed by atoms with E-state index in [4.69, 9.17) is 9.15 Å². The van der Waals surface area contributed by atoms with Crippen molar-refractivity contribution in [3.05, 3.63) is 40.3 Å². The first kappa shape index (κ1) is 22.3. The fraction of sp³-hybridized carbons (Fsp3) is 0.565. The SMILES string of the molecule is O=C(NCCC(=O)OCc1nnc(-c2ccc([N+](=O)[O-])cc2)o1)NC12CC3CC(CC(C3)C1)C2. The van der Waals surface area contributed by atoms with Gasteiger partial charge in [-0.15, -0.1) is 10.2 Å². The standard InChI is InChI=1S/C23H27N5O6/c29-20(33-13-19-26-27-21(34-19)17-1-3-18(4-2-17)28(31)32)5-6-24-22(30)25-23-10-14-7-15(11-23)9-16(8-14)12-23/h1-4,14-16H,5-13H2,(H2,24,25,30). The van der Waals surface area contributed by atoms with Gasteiger partial charge in [0.2, 0.25) is 5.89 Å². The molecule has 1 aromatic heterocycles. The average molecular weight is 469 g/mol. The Morgan fingerprint density at radius 3 is 2.35 bits per heavy atom. The minimum Gasteiger partial charge on any atom is -0.456 e. The molecule has 4 aliphatic rings. The molecular weight excluding hydrogens is 442 g/mol. The molecule has 0 unspecified atom stereocenters. The number of esters is 1. The van der Waals surface area contributed by atoms with E-state index in [1.807, 2.05) is 0 Å². The summed E-state index contributed by atoms with van der Waals surface area (Å²) in [5.74, 6) is 2.01. The van der Waals surface area contributed by atoms with Crippen LogP contribution in [0.5, 0.6) is 0 Å². The summed E-state index contributed by atoms with van der Waals surface area (Å²) in [6.45, 7) is -0.0206. The number of hydrogen-bond donors (Lipinski definition) is 2. The third kappa shape index (κ3) is 4.87. The summed E-state index contributed by atoms with van der Waals surface area (Å²) in [5.41, 5.74) is 0.404. The maximum absolute atomic E-state index is 12.4. The molecule has 0 atom stereocenters. The largest absolute Gasteiger partial charge is 0.456 e. The lowest BCUT2D eigenvalue weighted by atomic mass is 9.53. The monoisotopic (exact) mass is 469 g/mol. The zero-order valence-corrected chi connectivity index (χ0v) is 18.7. The summed E-state index contributed by atoms with van der Waals surface area (Å²) in [4.78, 5) is 34.7. The number of nitro groups is 1. The molecule has 0 saturated heterocycles. The summed E-state index contributed by atoms with van der Waals surface area (Å²) < 4.78 is 10.6. The number of benzene rings is 1. The highest BCUT2D eigenvalue weighted by Crippen LogP contribution is 2.55. The molecule has 11 heteroatoms. The number of ether oxygens (including phenoxy) is 1. The lowest BCUT2D eigenvalue weighted by Gasteiger charge is -2.56. The summed E-state index contributed by atoms with van der Waals surface area (Å²) >= 11 is 0. The number of carbonyl (C=O) groups excluding carboxylic acids is 2. The second-order valence-electron chi connectivity index (χ2n) is 9.79. The van der Waals surface area contributed by atoms with E-state index in [0.717, 1.165) is 37.0 Å². The lowest BCUT2D eigenvalue weighted by molar-refractivity contribution is -0.384. The molecule has 4 saturated carbocycles. The second-order valence-corrected chi connectivity index (χ2v) is 9.79. The molecule has 2 amide bonds. The molecular formula is C23H27N5O6. The number of hydrogen-bond acceptors (Lipinski definition) is 8. The minimum absolute atomic E-state index is 0.0254. The first-order valence-electron chi connectivity index (χ1n) is 11.7. The van der Waals surface area contributed by atoms with Gasteiger partial charge in [-0.25, -0.2) is 4.79 Å². The van der Waals surface area contributed by atoms with Crippen molar-refractivity contribution < 1.29 is 23.7 Å². The van der Waals surface area contributed by atoms with Crippen molar-refractivity contribution in [2.45, 2.75) is 57.1 Å². The predicted octanol–water partition coefficient (Wildman–Crippen LogP) is 3.35. The second kappa shape index (κ2) is 9.03. The van der Waals surface area contributed by atoms with Crippen LogP contribution < -0.4 is 10.6 Å². The Bertz CT molecular complexity index is 1050. The van der Waals surface area contributed by atoms with Gasteiger partial charge in [0.1, 0.15) is 0 Å². The smallest absolute Gasteiger partial charge is 0.315 e. The fourth-order valence-electron chi connectivity index (χ4n) is 6.20. The van der Waals surface area contributed by atoms with Crippen LogP contribution in [0.15, 0.2) is 28.7 Å². The summed E-state index contributed by atoms with van der Waals surface area (Å²) in [6.07, 6.45) is 7.16. The quantitative estimate of drug-likeness (QED) is 0.339. The molecule has 0 spiro atoms. The maximum Gasteiger partial charge on any atom is 0.315 e. The van der Waals surface area contributed by atoms with E-state index in [0.29, 0.717) is 5.56 Å². The zero-order chi connectivity index (χ0) is 23.7. The van der Waals surface area contributed by atoms with Gasteiger partial charge in [0, 0.05) is 29.8 Å². The third-order valence-corrected chi connectivity index (χ3v) is 7.18. The lowest BCUT2D eigenvalue weighted by Crippen LogP contribution is -2.61.